The van der Waals surface area contributed by atoms with E-state index in [1.807, 2.05) is 0 Å². The Morgan fingerprint density at radius 1 is 1.10 bits per heavy atom. The number of hydrogen-bond donors (Lipinski definition) is 2. The van der Waals surface area contributed by atoms with Gasteiger partial charge in [-0.25, -0.2) is 0 Å². The molecule has 1 aromatic carbocycles. The fourth-order valence-electron chi connectivity index (χ4n) is 3.60. The highest BCUT2D eigenvalue weighted by Crippen LogP contribution is 2.38. The molecule has 0 bridgehead atoms. The van der Waals surface area contributed by atoms with E-state index in [0.717, 1.165) is 6.07 Å². The van der Waals surface area contributed by atoms with E-state index in [0.29, 0.717) is 17.0 Å². The van der Waals surface area contributed by atoms with Gasteiger partial charge in [0, 0.05) is 24.2 Å². The number of phenols is 1. The summed E-state index contributed by atoms with van der Waals surface area (Å²) in [6.45, 7) is 6.18. The number of piperidine rings is 1. The quantitative estimate of drug-likeness (QED) is 0.640. The van der Waals surface area contributed by atoms with Gasteiger partial charge in [-0.05, 0) is 56.7 Å². The topological polar surface area (TPSA) is 80.2 Å². The van der Waals surface area contributed by atoms with Crippen LogP contribution in [-0.2, 0) is 13.2 Å². The van der Waals surface area contributed by atoms with E-state index < -0.39 is 17.5 Å². The minimum Gasteiger partial charge on any atom is -0.507 e. The van der Waals surface area contributed by atoms with Gasteiger partial charge in [-0.2, -0.15) is 13.2 Å². The van der Waals surface area contributed by atoms with Crippen molar-refractivity contribution in [2.24, 2.45) is 7.05 Å². The first-order valence-electron chi connectivity index (χ1n) is 9.92. The van der Waals surface area contributed by atoms with E-state index >= 15 is 0 Å². The van der Waals surface area contributed by atoms with Crippen LogP contribution < -0.4 is 5.73 Å². The molecule has 3 aromatic rings. The van der Waals surface area contributed by atoms with E-state index in [2.05, 4.69) is 22.0 Å². The van der Waals surface area contributed by atoms with Crippen molar-refractivity contribution in [3.05, 3.63) is 36.0 Å². The smallest absolute Gasteiger partial charge is 0.416 e. The van der Waals surface area contributed by atoms with E-state index in [-0.39, 0.29) is 17.1 Å². The van der Waals surface area contributed by atoms with Gasteiger partial charge < -0.3 is 20.3 Å². The standard InChI is InChI=1S/C14H11F3N4O.C7H15N/c1-21-5-4-9-12(21)11(19-20-13(9)18)8-3-2-7(6-10(8)22)14(15,16)17;1-2-8-6-4-3-5-7-8/h2-6,22H,1H3,(H2,18,20);2-7H2,1H3. The molecular weight excluding hydrogens is 395 g/mol. The summed E-state index contributed by atoms with van der Waals surface area (Å²) in [5, 5.41) is 18.3. The van der Waals surface area contributed by atoms with Gasteiger partial charge in [0.1, 0.15) is 11.4 Å². The zero-order valence-corrected chi connectivity index (χ0v) is 17.1. The Kier molecular flexibility index (Phi) is 6.50. The van der Waals surface area contributed by atoms with E-state index in [1.165, 1.54) is 45.0 Å². The summed E-state index contributed by atoms with van der Waals surface area (Å²) in [6.07, 6.45) is 1.51. The van der Waals surface area contributed by atoms with Crippen molar-refractivity contribution in [1.82, 2.24) is 19.7 Å². The van der Waals surface area contributed by atoms with Crippen LogP contribution in [0.2, 0.25) is 0 Å². The van der Waals surface area contributed by atoms with Gasteiger partial charge in [0.05, 0.1) is 11.1 Å². The van der Waals surface area contributed by atoms with Crippen LogP contribution in [0.25, 0.3) is 22.2 Å². The average molecular weight is 421 g/mol. The first-order chi connectivity index (χ1) is 14.2. The van der Waals surface area contributed by atoms with Gasteiger partial charge in [0.25, 0.3) is 0 Å². The highest BCUT2D eigenvalue weighted by Gasteiger charge is 2.31. The lowest BCUT2D eigenvalue weighted by Crippen LogP contribution is -2.29. The number of alkyl halides is 3. The normalized spacial score (nSPS) is 15.1. The predicted molar refractivity (Wildman–Crippen MR) is 111 cm³/mol. The second kappa shape index (κ2) is 8.91. The summed E-state index contributed by atoms with van der Waals surface area (Å²) in [4.78, 5) is 2.52. The van der Waals surface area contributed by atoms with Gasteiger partial charge in [-0.3, -0.25) is 0 Å². The molecule has 1 fully saturated rings. The molecule has 1 saturated heterocycles. The van der Waals surface area contributed by atoms with Gasteiger partial charge in [-0.15, -0.1) is 10.2 Å². The summed E-state index contributed by atoms with van der Waals surface area (Å²) < 4.78 is 39.7. The summed E-state index contributed by atoms with van der Waals surface area (Å²) in [5.41, 5.74) is 5.82. The fraction of sp³-hybridized carbons (Fsp3) is 0.429. The number of nitrogen functional groups attached to an aromatic ring is 1. The van der Waals surface area contributed by atoms with Gasteiger partial charge in [0.2, 0.25) is 0 Å². The number of nitrogens with zero attached hydrogens (tertiary/aromatic N) is 4. The van der Waals surface area contributed by atoms with Crippen molar-refractivity contribution in [2.75, 3.05) is 25.4 Å². The maximum absolute atomic E-state index is 12.7. The van der Waals surface area contributed by atoms with Crippen molar-refractivity contribution in [3.8, 4) is 17.0 Å². The third kappa shape index (κ3) is 4.67. The first kappa shape index (κ1) is 21.9. The molecule has 6 nitrogen and oxygen atoms in total. The predicted octanol–water partition coefficient (Wildman–Crippen LogP) is 4.43. The van der Waals surface area contributed by atoms with Crippen LogP contribution in [-0.4, -0.2) is 44.4 Å². The molecule has 3 heterocycles. The number of anilines is 1. The third-order valence-electron chi connectivity index (χ3n) is 5.31. The van der Waals surface area contributed by atoms with Crippen LogP contribution in [0.15, 0.2) is 30.5 Å². The molecular formula is C21H26F3N5O. The molecule has 0 unspecified atom stereocenters. The van der Waals surface area contributed by atoms with Crippen molar-refractivity contribution in [1.29, 1.82) is 0 Å². The number of phenolic OH excluding ortho intramolecular Hbond substituents is 1. The molecule has 0 saturated carbocycles. The average Bonchev–Trinajstić information content (AvgIpc) is 3.12. The number of nitrogens with two attached hydrogens (primary N) is 1. The lowest BCUT2D eigenvalue weighted by molar-refractivity contribution is -0.137. The molecule has 0 aliphatic carbocycles. The minimum absolute atomic E-state index is 0.160. The lowest BCUT2D eigenvalue weighted by atomic mass is 10.1. The number of likely N-dealkylation sites (tertiary alicyclic amines) is 1. The molecule has 9 heteroatoms. The second-order valence-corrected chi connectivity index (χ2v) is 7.35. The Balaban J connectivity index is 0.000000269. The van der Waals surface area contributed by atoms with Crippen LogP contribution >= 0.6 is 0 Å². The van der Waals surface area contributed by atoms with Crippen LogP contribution in [0.5, 0.6) is 5.75 Å². The number of aromatic nitrogens is 3. The number of halogens is 3. The highest BCUT2D eigenvalue weighted by molar-refractivity contribution is 5.98. The molecule has 2 aromatic heterocycles. The molecule has 3 N–H and O–H groups in total. The summed E-state index contributed by atoms with van der Waals surface area (Å²) in [7, 11) is 1.74. The maximum Gasteiger partial charge on any atom is 0.416 e. The number of benzene rings is 1. The van der Waals surface area contributed by atoms with Crippen LogP contribution in [0, 0.1) is 0 Å². The molecule has 1 aliphatic heterocycles. The highest BCUT2D eigenvalue weighted by atomic mass is 19.4. The molecule has 0 atom stereocenters. The molecule has 0 radical (unpaired) electrons. The summed E-state index contributed by atoms with van der Waals surface area (Å²) in [5.74, 6) is -0.304. The molecule has 30 heavy (non-hydrogen) atoms. The largest absolute Gasteiger partial charge is 0.507 e. The van der Waals surface area contributed by atoms with E-state index in [4.69, 9.17) is 5.73 Å². The monoisotopic (exact) mass is 421 g/mol. The zero-order valence-electron chi connectivity index (χ0n) is 17.1. The Hall–Kier alpha value is -2.81. The molecule has 1 aliphatic rings. The van der Waals surface area contributed by atoms with Crippen LogP contribution in [0.3, 0.4) is 0 Å². The van der Waals surface area contributed by atoms with E-state index in [1.54, 1.807) is 23.9 Å². The van der Waals surface area contributed by atoms with Crippen molar-refractivity contribution >= 4 is 16.7 Å². The van der Waals surface area contributed by atoms with Crippen LogP contribution in [0.4, 0.5) is 19.0 Å². The number of fused-ring (bicyclic) bond motifs is 1. The van der Waals surface area contributed by atoms with Gasteiger partial charge >= 0.3 is 6.18 Å². The Morgan fingerprint density at radius 2 is 1.80 bits per heavy atom. The number of hydrogen-bond acceptors (Lipinski definition) is 5. The number of aromatic hydroxyl groups is 1. The lowest BCUT2D eigenvalue weighted by Gasteiger charge is -2.24. The Labute approximate surface area is 173 Å². The van der Waals surface area contributed by atoms with Gasteiger partial charge in [0.15, 0.2) is 5.82 Å². The molecule has 0 spiro atoms. The SMILES string of the molecule is CCN1CCCCC1.Cn1ccc2c(N)nnc(-c3ccc(C(F)(F)F)cc3O)c21. The number of aryl methyl sites for hydroxylation is 1. The van der Waals surface area contributed by atoms with Gasteiger partial charge in [-0.1, -0.05) is 13.3 Å². The molecule has 0 amide bonds. The number of rotatable bonds is 2. The summed E-state index contributed by atoms with van der Waals surface area (Å²) in [6, 6.07) is 4.46. The molecule has 162 valence electrons. The molecule has 4 rings (SSSR count). The van der Waals surface area contributed by atoms with Crippen LogP contribution in [0.1, 0.15) is 31.7 Å². The van der Waals surface area contributed by atoms with Crippen molar-refractivity contribution in [2.45, 2.75) is 32.4 Å². The van der Waals surface area contributed by atoms with E-state index in [9.17, 15) is 18.3 Å². The minimum atomic E-state index is -4.52. The Morgan fingerprint density at radius 3 is 2.37 bits per heavy atom. The summed E-state index contributed by atoms with van der Waals surface area (Å²) >= 11 is 0. The van der Waals surface area contributed by atoms with Crippen molar-refractivity contribution in [3.63, 3.8) is 0 Å². The first-order valence-corrected chi connectivity index (χ1v) is 9.92. The fourth-order valence-corrected chi connectivity index (χ4v) is 3.60. The Bertz CT molecular complexity index is 1010. The third-order valence-corrected chi connectivity index (χ3v) is 5.31. The maximum atomic E-state index is 12.7. The zero-order chi connectivity index (χ0) is 21.9. The second-order valence-electron chi connectivity index (χ2n) is 7.35. The van der Waals surface area contributed by atoms with Crippen molar-refractivity contribution < 1.29 is 18.3 Å².